The van der Waals surface area contributed by atoms with E-state index in [1.165, 1.54) is 0 Å². The molecule has 0 saturated carbocycles. The van der Waals surface area contributed by atoms with E-state index in [4.69, 9.17) is 4.74 Å². The van der Waals surface area contributed by atoms with Crippen LogP contribution in [0.5, 0.6) is 0 Å². The lowest BCUT2D eigenvalue weighted by atomic mass is 10.5. The number of nitrogens with zero attached hydrogens (tertiary/aromatic N) is 1. The summed E-state index contributed by atoms with van der Waals surface area (Å²) in [6.07, 6.45) is 5.66. The summed E-state index contributed by atoms with van der Waals surface area (Å²) in [5.74, 6) is 0. The molecule has 0 spiro atoms. The number of aromatic nitrogens is 1. The standard InChI is InChI=1S/C8H11NO/c1-8(7-10-2)9-5-3-4-6-9/h3-7H,1-2H3/b8-7+. The lowest BCUT2D eigenvalue weighted by Crippen LogP contribution is -1.88. The van der Waals surface area contributed by atoms with Crippen LogP contribution in [0.15, 0.2) is 30.8 Å². The minimum absolute atomic E-state index is 1.08. The minimum atomic E-state index is 1.08. The van der Waals surface area contributed by atoms with Crippen LogP contribution in [0, 0.1) is 0 Å². The van der Waals surface area contributed by atoms with Gasteiger partial charge < -0.3 is 9.30 Å². The first kappa shape index (κ1) is 6.93. The molecule has 0 unspecified atom stereocenters. The second-order valence-corrected chi connectivity index (χ2v) is 2.09. The zero-order valence-electron chi connectivity index (χ0n) is 6.24. The molecule has 0 bridgehead atoms. The van der Waals surface area contributed by atoms with Gasteiger partial charge in [0.05, 0.1) is 12.8 Å². The van der Waals surface area contributed by atoms with Gasteiger partial charge in [-0.2, -0.15) is 0 Å². The molecule has 2 nitrogen and oxygen atoms in total. The summed E-state index contributed by atoms with van der Waals surface area (Å²) in [5.41, 5.74) is 1.08. The first-order chi connectivity index (χ1) is 4.84. The van der Waals surface area contributed by atoms with Crippen molar-refractivity contribution in [3.05, 3.63) is 30.8 Å². The molecule has 0 N–H and O–H groups in total. The molecule has 0 aromatic carbocycles. The molecule has 0 saturated heterocycles. The Morgan fingerprint density at radius 1 is 1.40 bits per heavy atom. The maximum Gasteiger partial charge on any atom is 0.102 e. The third-order valence-electron chi connectivity index (χ3n) is 1.30. The van der Waals surface area contributed by atoms with Crippen LogP contribution in [0.4, 0.5) is 0 Å². The first-order valence-electron chi connectivity index (χ1n) is 3.17. The molecule has 0 atom stereocenters. The highest BCUT2D eigenvalue weighted by molar-refractivity contribution is 5.40. The number of hydrogen-bond acceptors (Lipinski definition) is 1. The second-order valence-electron chi connectivity index (χ2n) is 2.09. The van der Waals surface area contributed by atoms with E-state index >= 15 is 0 Å². The molecule has 10 heavy (non-hydrogen) atoms. The maximum absolute atomic E-state index is 4.84. The fourth-order valence-electron chi connectivity index (χ4n) is 0.801. The van der Waals surface area contributed by atoms with Crippen molar-refractivity contribution in [2.45, 2.75) is 6.92 Å². The third-order valence-corrected chi connectivity index (χ3v) is 1.30. The number of rotatable bonds is 2. The lowest BCUT2D eigenvalue weighted by molar-refractivity contribution is 0.338. The molecule has 1 heterocycles. The molecule has 54 valence electrons. The Kier molecular flexibility index (Phi) is 2.15. The summed E-state index contributed by atoms with van der Waals surface area (Å²) >= 11 is 0. The molecule has 0 fully saturated rings. The predicted molar refractivity (Wildman–Crippen MR) is 41.4 cm³/mol. The lowest BCUT2D eigenvalue weighted by Gasteiger charge is -2.00. The average molecular weight is 137 g/mol. The van der Waals surface area contributed by atoms with Crippen molar-refractivity contribution < 1.29 is 4.74 Å². The van der Waals surface area contributed by atoms with Crippen molar-refractivity contribution in [3.63, 3.8) is 0 Å². The van der Waals surface area contributed by atoms with E-state index in [9.17, 15) is 0 Å². The molecule has 0 radical (unpaired) electrons. The van der Waals surface area contributed by atoms with Gasteiger partial charge in [0.25, 0.3) is 0 Å². The maximum atomic E-state index is 4.84. The number of methoxy groups -OCH3 is 1. The highest BCUT2D eigenvalue weighted by Gasteiger charge is 1.88. The molecular weight excluding hydrogens is 126 g/mol. The number of hydrogen-bond donors (Lipinski definition) is 0. The zero-order chi connectivity index (χ0) is 7.40. The average Bonchev–Trinajstić information content (AvgIpc) is 2.38. The van der Waals surface area contributed by atoms with Crippen molar-refractivity contribution in [2.75, 3.05) is 7.11 Å². The molecule has 1 rings (SSSR count). The van der Waals surface area contributed by atoms with Crippen LogP contribution in [-0.2, 0) is 4.74 Å². The molecule has 0 amide bonds. The van der Waals surface area contributed by atoms with E-state index in [0.717, 1.165) is 5.70 Å². The fraction of sp³-hybridized carbons (Fsp3) is 0.250. The summed E-state index contributed by atoms with van der Waals surface area (Å²) in [7, 11) is 1.65. The van der Waals surface area contributed by atoms with Crippen molar-refractivity contribution in [2.24, 2.45) is 0 Å². The van der Waals surface area contributed by atoms with Crippen LogP contribution in [0.3, 0.4) is 0 Å². The normalized spacial score (nSPS) is 11.6. The quantitative estimate of drug-likeness (QED) is 0.568. The number of ether oxygens (including phenoxy) is 1. The molecule has 0 aliphatic rings. The Balaban J connectivity index is 2.77. The molecule has 1 aromatic heterocycles. The van der Waals surface area contributed by atoms with Gasteiger partial charge in [0.2, 0.25) is 0 Å². The van der Waals surface area contributed by atoms with E-state index in [-0.39, 0.29) is 0 Å². The van der Waals surface area contributed by atoms with Crippen molar-refractivity contribution in [1.29, 1.82) is 0 Å². The molecule has 0 aliphatic carbocycles. The Hall–Kier alpha value is -1.18. The van der Waals surface area contributed by atoms with E-state index in [1.807, 2.05) is 36.0 Å². The topological polar surface area (TPSA) is 14.2 Å². The van der Waals surface area contributed by atoms with E-state index in [0.29, 0.717) is 0 Å². The minimum Gasteiger partial charge on any atom is -0.503 e. The van der Waals surface area contributed by atoms with Gasteiger partial charge in [0.15, 0.2) is 0 Å². The molecule has 2 heteroatoms. The largest absolute Gasteiger partial charge is 0.503 e. The van der Waals surface area contributed by atoms with Gasteiger partial charge in [-0.25, -0.2) is 0 Å². The van der Waals surface area contributed by atoms with E-state index < -0.39 is 0 Å². The smallest absolute Gasteiger partial charge is 0.102 e. The fourth-order valence-corrected chi connectivity index (χ4v) is 0.801. The van der Waals surface area contributed by atoms with Gasteiger partial charge in [-0.15, -0.1) is 0 Å². The highest BCUT2D eigenvalue weighted by Crippen LogP contribution is 2.02. The van der Waals surface area contributed by atoms with Crippen LogP contribution < -0.4 is 0 Å². The summed E-state index contributed by atoms with van der Waals surface area (Å²) < 4.78 is 6.83. The Bertz CT molecular complexity index is 211. The second kappa shape index (κ2) is 3.11. The van der Waals surface area contributed by atoms with Gasteiger partial charge in [0.1, 0.15) is 6.26 Å². The van der Waals surface area contributed by atoms with Crippen LogP contribution in [0.1, 0.15) is 6.92 Å². The Morgan fingerprint density at radius 3 is 2.50 bits per heavy atom. The number of allylic oxidation sites excluding steroid dienone is 1. The zero-order valence-corrected chi connectivity index (χ0v) is 6.24. The van der Waals surface area contributed by atoms with E-state index in [2.05, 4.69) is 0 Å². The van der Waals surface area contributed by atoms with Crippen molar-refractivity contribution in [1.82, 2.24) is 4.57 Å². The summed E-state index contributed by atoms with van der Waals surface area (Å²) in [5, 5.41) is 0. The highest BCUT2D eigenvalue weighted by atomic mass is 16.5. The van der Waals surface area contributed by atoms with Crippen LogP contribution in [0.2, 0.25) is 0 Å². The predicted octanol–water partition coefficient (Wildman–Crippen LogP) is 1.95. The Labute approximate surface area is 60.7 Å². The molecule has 1 aromatic rings. The SMILES string of the molecule is CO/C=C(\C)n1cccc1. The van der Waals surface area contributed by atoms with Gasteiger partial charge in [-0.1, -0.05) is 0 Å². The van der Waals surface area contributed by atoms with Crippen molar-refractivity contribution in [3.8, 4) is 0 Å². The van der Waals surface area contributed by atoms with E-state index in [1.54, 1.807) is 13.4 Å². The van der Waals surface area contributed by atoms with Gasteiger partial charge in [0, 0.05) is 12.4 Å². The first-order valence-corrected chi connectivity index (χ1v) is 3.17. The van der Waals surface area contributed by atoms with Crippen LogP contribution in [0.25, 0.3) is 5.70 Å². The molecular formula is C8H11NO. The van der Waals surface area contributed by atoms with Gasteiger partial charge in [-0.05, 0) is 19.1 Å². The van der Waals surface area contributed by atoms with Crippen molar-refractivity contribution >= 4 is 5.70 Å². The monoisotopic (exact) mass is 137 g/mol. The summed E-state index contributed by atoms with van der Waals surface area (Å²) in [6, 6.07) is 3.96. The van der Waals surface area contributed by atoms with Crippen LogP contribution >= 0.6 is 0 Å². The van der Waals surface area contributed by atoms with Gasteiger partial charge in [-0.3, -0.25) is 0 Å². The third kappa shape index (κ3) is 1.41. The summed E-state index contributed by atoms with van der Waals surface area (Å²) in [4.78, 5) is 0. The Morgan fingerprint density at radius 2 is 2.00 bits per heavy atom. The summed E-state index contributed by atoms with van der Waals surface area (Å²) in [6.45, 7) is 1.99. The van der Waals surface area contributed by atoms with Crippen LogP contribution in [-0.4, -0.2) is 11.7 Å². The molecule has 0 aliphatic heterocycles. The van der Waals surface area contributed by atoms with Gasteiger partial charge >= 0.3 is 0 Å².